The fraction of sp³-hybridized carbons (Fsp3) is 0.240. The Morgan fingerprint density at radius 1 is 1.15 bits per heavy atom. The van der Waals surface area contributed by atoms with E-state index in [0.717, 1.165) is 18.4 Å². The van der Waals surface area contributed by atoms with Crippen LogP contribution >= 0.6 is 0 Å². The van der Waals surface area contributed by atoms with Crippen LogP contribution in [0.5, 0.6) is 11.6 Å². The summed E-state index contributed by atoms with van der Waals surface area (Å²) in [6.07, 6.45) is 4.85. The van der Waals surface area contributed by atoms with Crippen LogP contribution < -0.4 is 10.5 Å². The quantitative estimate of drug-likeness (QED) is 0.471. The molecule has 0 saturated carbocycles. The van der Waals surface area contributed by atoms with Crippen molar-refractivity contribution in [2.24, 2.45) is 0 Å². The number of rotatable bonds is 4. The maximum Gasteiger partial charge on any atom is 0.298 e. The van der Waals surface area contributed by atoms with Crippen LogP contribution in [0.25, 0.3) is 22.3 Å². The van der Waals surface area contributed by atoms with Gasteiger partial charge in [-0.05, 0) is 43.9 Å². The van der Waals surface area contributed by atoms with Crippen molar-refractivity contribution in [2.45, 2.75) is 25.8 Å². The maximum atomic E-state index is 12.3. The van der Waals surface area contributed by atoms with Gasteiger partial charge in [-0.15, -0.1) is 0 Å². The second kappa shape index (κ2) is 9.19. The summed E-state index contributed by atoms with van der Waals surface area (Å²) in [5.41, 5.74) is 8.30. The van der Waals surface area contributed by atoms with Crippen molar-refractivity contribution >= 4 is 22.8 Å². The molecule has 1 amide bonds. The normalized spacial score (nSPS) is 15.6. The highest BCUT2D eigenvalue weighted by Crippen LogP contribution is 2.34. The maximum absolute atomic E-state index is 12.3. The SMILES string of the molecule is CC#CC(=O)N1CCC[C@@H](n2nc(-c3ccc(Oc4ccccc4)nc3)c3c(N)ncnc32)C1. The van der Waals surface area contributed by atoms with Gasteiger partial charge >= 0.3 is 0 Å². The Balaban J connectivity index is 1.49. The number of aromatic nitrogens is 5. The van der Waals surface area contributed by atoms with Crippen LogP contribution in [0, 0.1) is 11.8 Å². The van der Waals surface area contributed by atoms with Crippen molar-refractivity contribution < 1.29 is 9.53 Å². The summed E-state index contributed by atoms with van der Waals surface area (Å²) >= 11 is 0. The third-order valence-electron chi connectivity index (χ3n) is 5.76. The number of likely N-dealkylation sites (tertiary alicyclic amines) is 1. The van der Waals surface area contributed by atoms with E-state index in [9.17, 15) is 4.79 Å². The van der Waals surface area contributed by atoms with E-state index in [-0.39, 0.29) is 11.9 Å². The van der Waals surface area contributed by atoms with Crippen molar-refractivity contribution in [3.8, 4) is 34.7 Å². The summed E-state index contributed by atoms with van der Waals surface area (Å²) in [6, 6.07) is 13.1. The summed E-state index contributed by atoms with van der Waals surface area (Å²) in [6.45, 7) is 2.85. The first-order valence-electron chi connectivity index (χ1n) is 11.0. The van der Waals surface area contributed by atoms with E-state index in [1.807, 2.05) is 41.1 Å². The number of benzene rings is 1. The lowest BCUT2D eigenvalue weighted by Crippen LogP contribution is -2.40. The number of carbonyl (C=O) groups excluding carboxylic acids is 1. The van der Waals surface area contributed by atoms with Gasteiger partial charge < -0.3 is 15.4 Å². The lowest BCUT2D eigenvalue weighted by molar-refractivity contribution is -0.126. The molecule has 1 aliphatic heterocycles. The van der Waals surface area contributed by atoms with Crippen LogP contribution in [0.15, 0.2) is 55.0 Å². The Kier molecular flexibility index (Phi) is 5.79. The van der Waals surface area contributed by atoms with Gasteiger partial charge in [-0.1, -0.05) is 24.1 Å². The molecule has 9 nitrogen and oxygen atoms in total. The fourth-order valence-corrected chi connectivity index (χ4v) is 4.17. The van der Waals surface area contributed by atoms with Crippen LogP contribution in [0.1, 0.15) is 25.8 Å². The van der Waals surface area contributed by atoms with Gasteiger partial charge in [0.2, 0.25) is 5.88 Å². The molecule has 9 heteroatoms. The number of nitrogen functional groups attached to an aromatic ring is 1. The molecule has 0 unspecified atom stereocenters. The number of hydrogen-bond donors (Lipinski definition) is 1. The van der Waals surface area contributed by atoms with Gasteiger partial charge in [0, 0.05) is 30.9 Å². The van der Waals surface area contributed by atoms with Crippen LogP contribution in [0.3, 0.4) is 0 Å². The Hall–Kier alpha value is -4.45. The number of carbonyl (C=O) groups is 1. The number of ether oxygens (including phenoxy) is 1. The molecule has 0 aliphatic carbocycles. The molecule has 2 N–H and O–H groups in total. The van der Waals surface area contributed by atoms with Crippen molar-refractivity contribution in [1.82, 2.24) is 29.6 Å². The highest BCUT2D eigenvalue weighted by atomic mass is 16.5. The second-order valence-corrected chi connectivity index (χ2v) is 7.97. The first kappa shape index (κ1) is 21.4. The van der Waals surface area contributed by atoms with Crippen LogP contribution in [-0.4, -0.2) is 48.6 Å². The fourth-order valence-electron chi connectivity index (χ4n) is 4.17. The summed E-state index contributed by atoms with van der Waals surface area (Å²) in [4.78, 5) is 27.2. The number of amides is 1. The van der Waals surface area contributed by atoms with Gasteiger partial charge in [-0.25, -0.2) is 19.6 Å². The molecular formula is C25H23N7O2. The average molecular weight is 454 g/mol. The Morgan fingerprint density at radius 2 is 2.00 bits per heavy atom. The summed E-state index contributed by atoms with van der Waals surface area (Å²) in [5.74, 6) is 6.67. The minimum Gasteiger partial charge on any atom is -0.439 e. The first-order chi connectivity index (χ1) is 16.6. The van der Waals surface area contributed by atoms with E-state index < -0.39 is 0 Å². The van der Waals surface area contributed by atoms with E-state index in [0.29, 0.717) is 47.3 Å². The van der Waals surface area contributed by atoms with Crippen molar-refractivity contribution in [1.29, 1.82) is 0 Å². The zero-order valence-corrected chi connectivity index (χ0v) is 18.7. The van der Waals surface area contributed by atoms with Gasteiger partial charge in [-0.2, -0.15) is 5.10 Å². The third kappa shape index (κ3) is 4.13. The van der Waals surface area contributed by atoms with Gasteiger partial charge in [0.15, 0.2) is 5.65 Å². The molecule has 1 atom stereocenters. The number of pyridine rings is 1. The Morgan fingerprint density at radius 3 is 2.76 bits per heavy atom. The molecule has 0 spiro atoms. The zero-order valence-electron chi connectivity index (χ0n) is 18.7. The molecule has 1 aromatic carbocycles. The third-order valence-corrected chi connectivity index (χ3v) is 5.76. The van der Waals surface area contributed by atoms with Crippen LogP contribution in [0.4, 0.5) is 5.82 Å². The van der Waals surface area contributed by atoms with Crippen molar-refractivity contribution in [3.05, 3.63) is 55.0 Å². The standard InChI is InChI=1S/C25H23N7O2/c1-2-7-21(33)31-13-6-8-18(15-31)32-25-22(24(26)28-16-29-25)23(30-32)17-11-12-20(27-14-17)34-19-9-4-3-5-10-19/h3-5,9-12,14,16,18H,6,8,13,15H2,1H3,(H2,26,28,29)/t18-/m1/s1. The van der Waals surface area contributed by atoms with E-state index in [1.54, 1.807) is 24.1 Å². The zero-order chi connectivity index (χ0) is 23.5. The summed E-state index contributed by atoms with van der Waals surface area (Å²) in [5, 5.41) is 5.54. The summed E-state index contributed by atoms with van der Waals surface area (Å²) in [7, 11) is 0. The van der Waals surface area contributed by atoms with E-state index in [1.165, 1.54) is 6.33 Å². The number of anilines is 1. The van der Waals surface area contributed by atoms with Gasteiger partial charge in [0.1, 0.15) is 23.6 Å². The monoisotopic (exact) mass is 453 g/mol. The molecule has 0 bridgehead atoms. The average Bonchev–Trinajstić information content (AvgIpc) is 3.26. The molecule has 1 fully saturated rings. The molecule has 1 aliphatic rings. The van der Waals surface area contributed by atoms with E-state index in [4.69, 9.17) is 15.6 Å². The topological polar surface area (TPSA) is 112 Å². The largest absolute Gasteiger partial charge is 0.439 e. The Labute approximate surface area is 196 Å². The number of para-hydroxylation sites is 1. The van der Waals surface area contributed by atoms with Gasteiger partial charge in [-0.3, -0.25) is 4.79 Å². The molecule has 4 heterocycles. The molecule has 3 aromatic heterocycles. The lowest BCUT2D eigenvalue weighted by atomic mass is 10.1. The number of nitrogens with two attached hydrogens (primary N) is 1. The molecule has 1 saturated heterocycles. The number of piperidine rings is 1. The molecule has 34 heavy (non-hydrogen) atoms. The second-order valence-electron chi connectivity index (χ2n) is 7.97. The Bertz CT molecular complexity index is 1390. The van der Waals surface area contributed by atoms with Crippen molar-refractivity contribution in [2.75, 3.05) is 18.8 Å². The molecule has 5 rings (SSSR count). The number of nitrogens with zero attached hydrogens (tertiary/aromatic N) is 6. The van der Waals surface area contributed by atoms with Crippen LogP contribution in [-0.2, 0) is 4.79 Å². The van der Waals surface area contributed by atoms with Gasteiger partial charge in [0.25, 0.3) is 5.91 Å². The highest BCUT2D eigenvalue weighted by Gasteiger charge is 2.28. The molecule has 170 valence electrons. The van der Waals surface area contributed by atoms with E-state index in [2.05, 4.69) is 26.8 Å². The molecular weight excluding hydrogens is 430 g/mol. The lowest BCUT2D eigenvalue weighted by Gasteiger charge is -2.31. The summed E-state index contributed by atoms with van der Waals surface area (Å²) < 4.78 is 7.66. The van der Waals surface area contributed by atoms with Crippen molar-refractivity contribution in [3.63, 3.8) is 0 Å². The molecule has 0 radical (unpaired) electrons. The predicted octanol–water partition coefficient (Wildman–Crippen LogP) is 3.45. The minimum atomic E-state index is -0.170. The van der Waals surface area contributed by atoms with E-state index >= 15 is 0 Å². The number of fused-ring (bicyclic) bond motifs is 1. The highest BCUT2D eigenvalue weighted by molar-refractivity contribution is 5.98. The number of hydrogen-bond acceptors (Lipinski definition) is 7. The first-order valence-corrected chi connectivity index (χ1v) is 11.0. The minimum absolute atomic E-state index is 0.0458. The van der Waals surface area contributed by atoms with Crippen LogP contribution in [0.2, 0.25) is 0 Å². The van der Waals surface area contributed by atoms with Gasteiger partial charge in [0.05, 0.1) is 11.4 Å². The smallest absolute Gasteiger partial charge is 0.298 e. The predicted molar refractivity (Wildman–Crippen MR) is 128 cm³/mol. The molecule has 4 aromatic rings.